The Labute approximate surface area is 81.7 Å². The Morgan fingerprint density at radius 1 is 1.07 bits per heavy atom. The first-order chi connectivity index (χ1) is 6.90. The van der Waals surface area contributed by atoms with Gasteiger partial charge in [-0.05, 0) is 35.2 Å². The molecule has 0 unspecified atom stereocenters. The van der Waals surface area contributed by atoms with E-state index in [9.17, 15) is 0 Å². The zero-order valence-electron chi connectivity index (χ0n) is 7.66. The second-order valence-corrected chi connectivity index (χ2v) is 3.65. The molecule has 3 rings (SSSR count). The van der Waals surface area contributed by atoms with E-state index in [1.807, 2.05) is 12.1 Å². The summed E-state index contributed by atoms with van der Waals surface area (Å²) in [7, 11) is 0. The average Bonchev–Trinajstić information content (AvgIpc) is 2.66. The smallest absolute Gasteiger partial charge is 0.168 e. The molecule has 0 saturated carbocycles. The zero-order valence-corrected chi connectivity index (χ0v) is 7.66. The molecular weight excluding hydrogens is 176 g/mol. The Morgan fingerprint density at radius 3 is 2.86 bits per heavy atom. The molecule has 0 heterocycles. The highest BCUT2D eigenvalue weighted by Gasteiger charge is 2.17. The normalized spacial score (nSPS) is 13.5. The molecule has 0 radical (unpaired) electrons. The zero-order chi connectivity index (χ0) is 9.54. The minimum Gasteiger partial charge on any atom is -0.340 e. The largest absolute Gasteiger partial charge is 0.340 e. The molecule has 70 valence electrons. The summed E-state index contributed by atoms with van der Waals surface area (Å²) in [6, 6.07) is 10.1. The third-order valence-electron chi connectivity index (χ3n) is 2.94. The third kappa shape index (κ3) is 0.888. The lowest BCUT2D eigenvalue weighted by Crippen LogP contribution is -1.89. The van der Waals surface area contributed by atoms with Gasteiger partial charge >= 0.3 is 0 Å². The van der Waals surface area contributed by atoms with Gasteiger partial charge in [0.2, 0.25) is 0 Å². The Morgan fingerprint density at radius 2 is 2.00 bits per heavy atom. The molecule has 2 aromatic rings. The summed E-state index contributed by atoms with van der Waals surface area (Å²) in [4.78, 5) is 4.38. The summed E-state index contributed by atoms with van der Waals surface area (Å²) in [6.45, 7) is 0. The minimum absolute atomic E-state index is 0.599. The van der Waals surface area contributed by atoms with Crippen LogP contribution in [-0.4, -0.2) is 5.26 Å². The van der Waals surface area contributed by atoms with Crippen molar-refractivity contribution in [2.75, 3.05) is 0 Å². The standard InChI is InChI=1S/C12H10O2/c13-14-11-7-5-9-3-1-2-8-4-6-10(11)12(8)9/h1-3,5,7,13H,4,6H2. The molecule has 0 amide bonds. The lowest BCUT2D eigenvalue weighted by Gasteiger charge is -2.04. The van der Waals surface area contributed by atoms with Gasteiger partial charge in [-0.3, -0.25) is 0 Å². The highest BCUT2D eigenvalue weighted by Crippen LogP contribution is 2.36. The Balaban J connectivity index is 2.45. The third-order valence-corrected chi connectivity index (χ3v) is 2.94. The number of hydrogen-bond acceptors (Lipinski definition) is 2. The quantitative estimate of drug-likeness (QED) is 0.548. The van der Waals surface area contributed by atoms with Crippen LogP contribution in [0.3, 0.4) is 0 Å². The Hall–Kier alpha value is -1.54. The molecule has 1 aliphatic carbocycles. The van der Waals surface area contributed by atoms with Gasteiger partial charge in [-0.15, -0.1) is 0 Å². The van der Waals surface area contributed by atoms with E-state index in [1.165, 1.54) is 16.3 Å². The van der Waals surface area contributed by atoms with Crippen LogP contribution in [0.25, 0.3) is 10.8 Å². The summed E-state index contributed by atoms with van der Waals surface area (Å²) in [5, 5.41) is 11.2. The van der Waals surface area contributed by atoms with Crippen molar-refractivity contribution in [3.8, 4) is 5.75 Å². The molecule has 0 bridgehead atoms. The van der Waals surface area contributed by atoms with E-state index in [0.29, 0.717) is 5.75 Å². The van der Waals surface area contributed by atoms with Gasteiger partial charge in [0.15, 0.2) is 5.75 Å². The number of aryl methyl sites for hydroxylation is 2. The van der Waals surface area contributed by atoms with Crippen molar-refractivity contribution in [1.82, 2.24) is 0 Å². The highest BCUT2D eigenvalue weighted by molar-refractivity contribution is 5.92. The summed E-state index contributed by atoms with van der Waals surface area (Å²) in [5.74, 6) is 0.599. The monoisotopic (exact) mass is 186 g/mol. The molecule has 0 saturated heterocycles. The van der Waals surface area contributed by atoms with Crippen LogP contribution in [0.5, 0.6) is 5.75 Å². The van der Waals surface area contributed by atoms with Crippen LogP contribution in [0.4, 0.5) is 0 Å². The van der Waals surface area contributed by atoms with Crippen molar-refractivity contribution in [2.24, 2.45) is 0 Å². The van der Waals surface area contributed by atoms with Crippen molar-refractivity contribution in [2.45, 2.75) is 12.8 Å². The van der Waals surface area contributed by atoms with Crippen molar-refractivity contribution >= 4 is 10.8 Å². The first-order valence-electron chi connectivity index (χ1n) is 4.75. The predicted octanol–water partition coefficient (Wildman–Crippen LogP) is 2.79. The van der Waals surface area contributed by atoms with Crippen molar-refractivity contribution in [3.63, 3.8) is 0 Å². The van der Waals surface area contributed by atoms with Crippen LogP contribution in [0, 0.1) is 0 Å². The molecule has 2 nitrogen and oxygen atoms in total. The predicted molar refractivity (Wildman–Crippen MR) is 54.6 cm³/mol. The van der Waals surface area contributed by atoms with Gasteiger partial charge in [-0.2, -0.15) is 0 Å². The summed E-state index contributed by atoms with van der Waals surface area (Å²) in [6.07, 6.45) is 2.01. The summed E-state index contributed by atoms with van der Waals surface area (Å²) in [5.41, 5.74) is 2.50. The molecule has 0 atom stereocenters. The lowest BCUT2D eigenvalue weighted by atomic mass is 10.0. The molecule has 0 fully saturated rings. The molecule has 0 aliphatic heterocycles. The number of benzene rings is 2. The first kappa shape index (κ1) is 7.83. The fourth-order valence-corrected chi connectivity index (χ4v) is 2.32. The Bertz CT molecular complexity index is 503. The van der Waals surface area contributed by atoms with Crippen LogP contribution in [-0.2, 0) is 12.8 Å². The van der Waals surface area contributed by atoms with Gasteiger partial charge in [-0.25, -0.2) is 5.26 Å². The van der Waals surface area contributed by atoms with E-state index >= 15 is 0 Å². The summed E-state index contributed by atoms with van der Waals surface area (Å²) >= 11 is 0. The van der Waals surface area contributed by atoms with Gasteiger partial charge in [0, 0.05) is 5.56 Å². The van der Waals surface area contributed by atoms with E-state index in [0.717, 1.165) is 18.4 Å². The van der Waals surface area contributed by atoms with E-state index < -0.39 is 0 Å². The first-order valence-corrected chi connectivity index (χ1v) is 4.75. The summed E-state index contributed by atoms with van der Waals surface area (Å²) < 4.78 is 0. The number of rotatable bonds is 1. The van der Waals surface area contributed by atoms with Crippen molar-refractivity contribution < 1.29 is 10.1 Å². The molecule has 2 aromatic carbocycles. The fourth-order valence-electron chi connectivity index (χ4n) is 2.32. The molecule has 1 aliphatic rings. The molecule has 14 heavy (non-hydrogen) atoms. The average molecular weight is 186 g/mol. The van der Waals surface area contributed by atoms with E-state index in [1.54, 1.807) is 0 Å². The number of hydrogen-bond donors (Lipinski definition) is 1. The van der Waals surface area contributed by atoms with E-state index in [-0.39, 0.29) is 0 Å². The second-order valence-electron chi connectivity index (χ2n) is 3.65. The SMILES string of the molecule is OOc1ccc2cccc3c2c1CC3. The topological polar surface area (TPSA) is 29.5 Å². The molecular formula is C12H10O2. The van der Waals surface area contributed by atoms with Crippen molar-refractivity contribution in [1.29, 1.82) is 0 Å². The lowest BCUT2D eigenvalue weighted by molar-refractivity contribution is -0.138. The fraction of sp³-hybridized carbons (Fsp3) is 0.167. The molecule has 0 spiro atoms. The van der Waals surface area contributed by atoms with Gasteiger partial charge in [0.05, 0.1) is 0 Å². The highest BCUT2D eigenvalue weighted by atomic mass is 17.1. The van der Waals surface area contributed by atoms with Crippen LogP contribution in [0.15, 0.2) is 30.3 Å². The van der Waals surface area contributed by atoms with E-state index in [4.69, 9.17) is 5.26 Å². The second kappa shape index (κ2) is 2.72. The van der Waals surface area contributed by atoms with Crippen LogP contribution in [0.1, 0.15) is 11.1 Å². The minimum atomic E-state index is 0.599. The maximum Gasteiger partial charge on any atom is 0.168 e. The van der Waals surface area contributed by atoms with Crippen LogP contribution < -0.4 is 4.89 Å². The maximum absolute atomic E-state index is 8.73. The van der Waals surface area contributed by atoms with Crippen LogP contribution in [0.2, 0.25) is 0 Å². The van der Waals surface area contributed by atoms with Gasteiger partial charge in [0.25, 0.3) is 0 Å². The van der Waals surface area contributed by atoms with Gasteiger partial charge in [-0.1, -0.05) is 24.3 Å². The van der Waals surface area contributed by atoms with Crippen LogP contribution >= 0.6 is 0 Å². The maximum atomic E-state index is 8.73. The molecule has 0 aromatic heterocycles. The molecule has 1 N–H and O–H groups in total. The molecule has 2 heteroatoms. The van der Waals surface area contributed by atoms with E-state index in [2.05, 4.69) is 23.1 Å². The van der Waals surface area contributed by atoms with Crippen molar-refractivity contribution in [3.05, 3.63) is 41.5 Å². The van der Waals surface area contributed by atoms with Gasteiger partial charge < -0.3 is 4.89 Å². The van der Waals surface area contributed by atoms with Gasteiger partial charge in [0.1, 0.15) is 0 Å². The Kier molecular flexibility index (Phi) is 1.52.